The van der Waals surface area contributed by atoms with Crippen molar-refractivity contribution in [3.63, 3.8) is 0 Å². The third kappa shape index (κ3) is 2.71. The van der Waals surface area contributed by atoms with Crippen molar-refractivity contribution in [2.75, 3.05) is 11.5 Å². The van der Waals surface area contributed by atoms with Gasteiger partial charge in [0.1, 0.15) is 0 Å². The molecule has 2 fully saturated rings. The van der Waals surface area contributed by atoms with Gasteiger partial charge in [0.15, 0.2) is 0 Å². The Kier molecular flexibility index (Phi) is 4.01. The second-order valence-corrected chi connectivity index (χ2v) is 6.47. The van der Waals surface area contributed by atoms with Crippen molar-refractivity contribution < 1.29 is 4.74 Å². The van der Waals surface area contributed by atoms with E-state index in [-0.39, 0.29) is 0 Å². The molecule has 2 aliphatic rings. The van der Waals surface area contributed by atoms with Gasteiger partial charge >= 0.3 is 0 Å². The average molecular weight is 296 g/mol. The van der Waals surface area contributed by atoms with Crippen LogP contribution in [0, 0.1) is 6.92 Å². The summed E-state index contributed by atoms with van der Waals surface area (Å²) < 4.78 is 5.68. The van der Waals surface area contributed by atoms with Gasteiger partial charge in [0.25, 0.3) is 0 Å². The molecular weight excluding hydrogens is 274 g/mol. The van der Waals surface area contributed by atoms with Crippen LogP contribution in [0.3, 0.4) is 0 Å². The highest BCUT2D eigenvalue weighted by atomic mass is 35.5. The van der Waals surface area contributed by atoms with Crippen LogP contribution in [0.25, 0.3) is 0 Å². The molecule has 3 heterocycles. The van der Waals surface area contributed by atoms with Gasteiger partial charge in [-0.2, -0.15) is 4.98 Å². The topological polar surface area (TPSA) is 38.2 Å². The van der Waals surface area contributed by atoms with Gasteiger partial charge < -0.3 is 9.64 Å². The molecule has 20 heavy (non-hydrogen) atoms. The van der Waals surface area contributed by atoms with Crippen molar-refractivity contribution in [3.05, 3.63) is 11.8 Å². The fourth-order valence-corrected chi connectivity index (χ4v) is 3.77. The Morgan fingerprint density at radius 1 is 1.30 bits per heavy atom. The first-order valence-corrected chi connectivity index (χ1v) is 8.02. The van der Waals surface area contributed by atoms with Crippen LogP contribution >= 0.6 is 11.6 Å². The van der Waals surface area contributed by atoms with E-state index in [9.17, 15) is 0 Å². The summed E-state index contributed by atoms with van der Waals surface area (Å²) in [7, 11) is 0. The van der Waals surface area contributed by atoms with Gasteiger partial charge in [-0.1, -0.05) is 6.92 Å². The summed E-state index contributed by atoms with van der Waals surface area (Å²) in [4.78, 5) is 11.6. The average Bonchev–Trinajstić information content (AvgIpc) is 2.68. The zero-order chi connectivity index (χ0) is 14.1. The molecule has 3 rings (SSSR count). The second-order valence-electron chi connectivity index (χ2n) is 5.86. The van der Waals surface area contributed by atoms with Crippen LogP contribution in [0.2, 0.25) is 0 Å². The van der Waals surface area contributed by atoms with Gasteiger partial charge in [0.2, 0.25) is 11.8 Å². The number of aryl methyl sites for hydroxylation is 1. The highest BCUT2D eigenvalue weighted by Gasteiger charge is 2.41. The minimum absolute atomic E-state index is 0.310. The van der Waals surface area contributed by atoms with E-state index in [2.05, 4.69) is 21.8 Å². The molecule has 0 aliphatic carbocycles. The number of fused-ring (bicyclic) bond motifs is 2. The van der Waals surface area contributed by atoms with E-state index in [0.717, 1.165) is 30.9 Å². The summed E-state index contributed by atoms with van der Waals surface area (Å²) in [5.74, 6) is 1.52. The fourth-order valence-electron chi connectivity index (χ4n) is 3.36. The Balaban J connectivity index is 1.85. The number of hydrogen-bond donors (Lipinski definition) is 0. The Morgan fingerprint density at radius 2 is 2.00 bits per heavy atom. The highest BCUT2D eigenvalue weighted by molar-refractivity contribution is 6.20. The molecule has 0 amide bonds. The van der Waals surface area contributed by atoms with E-state index < -0.39 is 0 Å². The van der Waals surface area contributed by atoms with Crippen LogP contribution in [-0.4, -0.2) is 34.0 Å². The molecule has 1 aromatic heterocycles. The predicted octanol–water partition coefficient (Wildman–Crippen LogP) is 3.31. The largest absolute Gasteiger partial charge is 0.478 e. The lowest BCUT2D eigenvalue weighted by molar-refractivity contribution is 0.304. The SMILES string of the molecule is CCCOc1cc(C)nc(N2C3CCC2CC(Cl)C3)n1. The second kappa shape index (κ2) is 5.76. The molecule has 2 saturated heterocycles. The van der Waals surface area contributed by atoms with Gasteiger partial charge in [0.05, 0.1) is 6.61 Å². The maximum absolute atomic E-state index is 6.34. The van der Waals surface area contributed by atoms with E-state index in [1.54, 1.807) is 0 Å². The molecule has 0 saturated carbocycles. The van der Waals surface area contributed by atoms with Gasteiger partial charge in [0, 0.05) is 29.2 Å². The molecule has 0 N–H and O–H groups in total. The van der Waals surface area contributed by atoms with Crippen molar-refractivity contribution >= 4 is 17.5 Å². The zero-order valence-corrected chi connectivity index (χ0v) is 12.9. The van der Waals surface area contributed by atoms with Crippen molar-refractivity contribution in [2.45, 2.75) is 63.4 Å². The zero-order valence-electron chi connectivity index (χ0n) is 12.2. The van der Waals surface area contributed by atoms with Crippen LogP contribution in [0.5, 0.6) is 5.88 Å². The number of hydrogen-bond acceptors (Lipinski definition) is 4. The van der Waals surface area contributed by atoms with Crippen molar-refractivity contribution in [1.29, 1.82) is 0 Å². The summed E-state index contributed by atoms with van der Waals surface area (Å²) >= 11 is 6.34. The summed E-state index contributed by atoms with van der Waals surface area (Å²) in [6, 6.07) is 2.91. The summed E-state index contributed by atoms with van der Waals surface area (Å²) in [6.45, 7) is 4.80. The maximum atomic E-state index is 6.34. The first kappa shape index (κ1) is 13.9. The quantitative estimate of drug-likeness (QED) is 0.799. The minimum atomic E-state index is 0.310. The number of halogens is 1. The smallest absolute Gasteiger partial charge is 0.229 e. The van der Waals surface area contributed by atoms with Gasteiger partial charge in [-0.3, -0.25) is 0 Å². The van der Waals surface area contributed by atoms with Gasteiger partial charge in [-0.15, -0.1) is 11.6 Å². The Hall–Kier alpha value is -1.03. The number of piperidine rings is 1. The van der Waals surface area contributed by atoms with Crippen molar-refractivity contribution in [3.8, 4) is 5.88 Å². The molecule has 2 atom stereocenters. The lowest BCUT2D eigenvalue weighted by Gasteiger charge is -2.37. The first-order chi connectivity index (χ1) is 9.67. The lowest BCUT2D eigenvalue weighted by Crippen LogP contribution is -2.44. The molecule has 1 aromatic rings. The summed E-state index contributed by atoms with van der Waals surface area (Å²) in [6.07, 6.45) is 5.48. The van der Waals surface area contributed by atoms with Gasteiger partial charge in [-0.25, -0.2) is 4.98 Å². The number of alkyl halides is 1. The van der Waals surface area contributed by atoms with Crippen LogP contribution in [0.1, 0.15) is 44.7 Å². The maximum Gasteiger partial charge on any atom is 0.229 e. The normalized spacial score (nSPS) is 28.8. The van der Waals surface area contributed by atoms with E-state index >= 15 is 0 Å². The number of nitrogens with zero attached hydrogens (tertiary/aromatic N) is 3. The van der Waals surface area contributed by atoms with Crippen LogP contribution < -0.4 is 9.64 Å². The molecule has 2 unspecified atom stereocenters. The van der Waals surface area contributed by atoms with E-state index in [0.29, 0.717) is 29.9 Å². The lowest BCUT2D eigenvalue weighted by atomic mass is 10.0. The third-order valence-corrected chi connectivity index (χ3v) is 4.54. The molecular formula is C15H22ClN3O. The number of ether oxygens (including phenoxy) is 1. The number of rotatable bonds is 4. The molecule has 0 aromatic carbocycles. The number of aromatic nitrogens is 2. The first-order valence-electron chi connectivity index (χ1n) is 7.58. The monoisotopic (exact) mass is 295 g/mol. The summed E-state index contributed by atoms with van der Waals surface area (Å²) in [5.41, 5.74) is 0.966. The third-order valence-electron chi connectivity index (χ3n) is 4.18. The van der Waals surface area contributed by atoms with Crippen molar-refractivity contribution in [1.82, 2.24) is 9.97 Å². The van der Waals surface area contributed by atoms with Crippen LogP contribution in [-0.2, 0) is 0 Å². The molecule has 4 nitrogen and oxygen atoms in total. The van der Waals surface area contributed by atoms with Gasteiger partial charge in [-0.05, 0) is 39.0 Å². The number of anilines is 1. The molecule has 2 aliphatic heterocycles. The predicted molar refractivity (Wildman–Crippen MR) is 80.7 cm³/mol. The molecule has 0 radical (unpaired) electrons. The molecule has 110 valence electrons. The minimum Gasteiger partial charge on any atom is -0.478 e. The van der Waals surface area contributed by atoms with Crippen LogP contribution in [0.4, 0.5) is 5.95 Å². The van der Waals surface area contributed by atoms with Crippen molar-refractivity contribution in [2.24, 2.45) is 0 Å². The standard InChI is InChI=1S/C15H22ClN3O/c1-3-6-20-14-7-10(2)17-15(18-14)19-12-4-5-13(19)9-11(16)8-12/h7,11-13H,3-6,8-9H2,1-2H3. The van der Waals surface area contributed by atoms with Crippen LogP contribution in [0.15, 0.2) is 6.07 Å². The molecule has 5 heteroatoms. The Labute approximate surface area is 125 Å². The van der Waals surface area contributed by atoms with E-state index in [4.69, 9.17) is 16.3 Å². The van der Waals surface area contributed by atoms with E-state index in [1.165, 1.54) is 12.8 Å². The van der Waals surface area contributed by atoms with E-state index in [1.807, 2.05) is 13.0 Å². The summed E-state index contributed by atoms with van der Waals surface area (Å²) in [5, 5.41) is 0.310. The Morgan fingerprint density at radius 3 is 2.65 bits per heavy atom. The molecule has 2 bridgehead atoms. The Bertz CT molecular complexity index is 468. The fraction of sp³-hybridized carbons (Fsp3) is 0.733. The highest BCUT2D eigenvalue weighted by Crippen LogP contribution is 2.40. The molecule has 0 spiro atoms.